The fourth-order valence-electron chi connectivity index (χ4n) is 3.29. The second kappa shape index (κ2) is 9.43. The topological polar surface area (TPSA) is 105 Å². The van der Waals surface area contributed by atoms with Gasteiger partial charge in [0, 0.05) is 18.8 Å². The van der Waals surface area contributed by atoms with E-state index in [2.05, 4.69) is 5.32 Å². The third-order valence-electron chi connectivity index (χ3n) is 4.46. The van der Waals surface area contributed by atoms with E-state index in [4.69, 9.17) is 10.5 Å². The molecule has 1 fully saturated rings. The van der Waals surface area contributed by atoms with Crippen LogP contribution < -0.4 is 16.0 Å². The van der Waals surface area contributed by atoms with E-state index in [1.807, 2.05) is 13.8 Å². The van der Waals surface area contributed by atoms with E-state index >= 15 is 0 Å². The van der Waals surface area contributed by atoms with Gasteiger partial charge in [0.2, 0.25) is 5.91 Å². The van der Waals surface area contributed by atoms with Crippen molar-refractivity contribution < 1.29 is 32.3 Å². The van der Waals surface area contributed by atoms with Crippen molar-refractivity contribution in [3.63, 3.8) is 0 Å². The smallest absolute Gasteiger partial charge is 0.370 e. The van der Waals surface area contributed by atoms with Gasteiger partial charge in [-0.1, -0.05) is 13.8 Å². The average molecular weight is 430 g/mol. The molecular weight excluding hydrogens is 405 g/mol. The van der Waals surface area contributed by atoms with Gasteiger partial charge in [0.15, 0.2) is 6.04 Å². The molecule has 2 rings (SSSR count). The summed E-state index contributed by atoms with van der Waals surface area (Å²) in [5.41, 5.74) is 3.76. The average Bonchev–Trinajstić information content (AvgIpc) is 2.60. The van der Waals surface area contributed by atoms with Gasteiger partial charge in [-0.15, -0.1) is 0 Å². The normalized spacial score (nSPS) is 16.1. The van der Waals surface area contributed by atoms with E-state index in [1.165, 1.54) is 18.0 Å². The van der Waals surface area contributed by atoms with Crippen molar-refractivity contribution in [1.29, 1.82) is 0 Å². The molecule has 0 unspecified atom stereocenters. The van der Waals surface area contributed by atoms with Crippen LogP contribution in [0, 0.1) is 5.92 Å². The number of hydrogen-bond donors (Lipinski definition) is 2. The molecular formula is C19H25F3N4O4. The van der Waals surface area contributed by atoms with Gasteiger partial charge in [0.1, 0.15) is 6.61 Å². The van der Waals surface area contributed by atoms with Crippen molar-refractivity contribution in [2.45, 2.75) is 26.1 Å². The highest BCUT2D eigenvalue weighted by molar-refractivity contribution is 6.09. The van der Waals surface area contributed by atoms with E-state index in [9.17, 15) is 27.6 Å². The molecule has 166 valence electrons. The van der Waals surface area contributed by atoms with Crippen LogP contribution in [0.1, 0.15) is 19.4 Å². The molecule has 1 heterocycles. The number of carbonyl (C=O) groups excluding carboxylic acids is 3. The third-order valence-corrected chi connectivity index (χ3v) is 4.46. The maximum absolute atomic E-state index is 13.6. The van der Waals surface area contributed by atoms with E-state index in [0.29, 0.717) is 6.54 Å². The van der Waals surface area contributed by atoms with Crippen LogP contribution in [0.3, 0.4) is 0 Å². The summed E-state index contributed by atoms with van der Waals surface area (Å²) in [6.07, 6.45) is -4.77. The Morgan fingerprint density at radius 2 is 2.00 bits per heavy atom. The van der Waals surface area contributed by atoms with Crippen LogP contribution in [-0.2, 0) is 25.3 Å². The highest BCUT2D eigenvalue weighted by atomic mass is 19.4. The lowest BCUT2D eigenvalue weighted by atomic mass is 10.1. The summed E-state index contributed by atoms with van der Waals surface area (Å²) in [6, 6.07) is 1.74. The Balaban J connectivity index is 2.32. The zero-order chi connectivity index (χ0) is 22.6. The van der Waals surface area contributed by atoms with Crippen LogP contribution in [0.2, 0.25) is 0 Å². The number of nitrogens with zero attached hydrogens (tertiary/aromatic N) is 2. The minimum absolute atomic E-state index is 0.0165. The Kier molecular flexibility index (Phi) is 7.43. The SMILES string of the molecule is CC(C)CN(C)[C@H](C(N)=O)C(=O)Nc1ccc(N2CCOCC2=O)c(C(F)(F)F)c1. The van der Waals surface area contributed by atoms with Crippen molar-refractivity contribution in [1.82, 2.24) is 4.90 Å². The Bertz CT molecular complexity index is 813. The van der Waals surface area contributed by atoms with Gasteiger partial charge in [-0.2, -0.15) is 13.2 Å². The zero-order valence-electron chi connectivity index (χ0n) is 17.0. The lowest BCUT2D eigenvalue weighted by Gasteiger charge is -2.30. The number of rotatable bonds is 7. The molecule has 1 aromatic rings. The number of likely N-dealkylation sites (N-methyl/N-ethyl adjacent to an activating group) is 1. The number of halogens is 3. The predicted molar refractivity (Wildman–Crippen MR) is 104 cm³/mol. The van der Waals surface area contributed by atoms with Gasteiger partial charge in [-0.05, 0) is 31.2 Å². The largest absolute Gasteiger partial charge is 0.418 e. The number of nitrogens with one attached hydrogen (secondary N) is 1. The number of primary amides is 1. The van der Waals surface area contributed by atoms with E-state index in [1.54, 1.807) is 0 Å². The Morgan fingerprint density at radius 3 is 2.53 bits per heavy atom. The monoisotopic (exact) mass is 430 g/mol. The molecule has 30 heavy (non-hydrogen) atoms. The predicted octanol–water partition coefficient (Wildman–Crippen LogP) is 1.45. The number of alkyl halides is 3. The Labute approximate surface area is 172 Å². The van der Waals surface area contributed by atoms with Gasteiger partial charge >= 0.3 is 6.18 Å². The molecule has 11 heteroatoms. The molecule has 1 aliphatic heterocycles. The number of hydrogen-bond acceptors (Lipinski definition) is 5. The molecule has 0 aromatic heterocycles. The van der Waals surface area contributed by atoms with Crippen molar-refractivity contribution in [2.24, 2.45) is 11.7 Å². The number of nitrogens with two attached hydrogens (primary N) is 1. The molecule has 0 aliphatic carbocycles. The van der Waals surface area contributed by atoms with E-state index < -0.39 is 35.5 Å². The number of ether oxygens (including phenoxy) is 1. The van der Waals surface area contributed by atoms with Crippen LogP contribution in [0.15, 0.2) is 18.2 Å². The third kappa shape index (κ3) is 5.70. The summed E-state index contributed by atoms with van der Waals surface area (Å²) < 4.78 is 45.9. The second-order valence-corrected chi connectivity index (χ2v) is 7.46. The molecule has 3 N–H and O–H groups in total. The molecule has 0 bridgehead atoms. The fourth-order valence-corrected chi connectivity index (χ4v) is 3.29. The zero-order valence-corrected chi connectivity index (χ0v) is 17.0. The van der Waals surface area contributed by atoms with Crippen LogP contribution >= 0.6 is 0 Å². The quantitative estimate of drug-likeness (QED) is 0.637. The summed E-state index contributed by atoms with van der Waals surface area (Å²) in [7, 11) is 1.53. The van der Waals surface area contributed by atoms with Gasteiger partial charge in [-0.3, -0.25) is 19.3 Å². The maximum Gasteiger partial charge on any atom is 0.418 e. The van der Waals surface area contributed by atoms with Gasteiger partial charge in [-0.25, -0.2) is 0 Å². The minimum atomic E-state index is -4.77. The first-order valence-corrected chi connectivity index (χ1v) is 9.31. The second-order valence-electron chi connectivity index (χ2n) is 7.46. The highest BCUT2D eigenvalue weighted by Gasteiger charge is 2.37. The summed E-state index contributed by atoms with van der Waals surface area (Å²) in [6.45, 7) is 3.94. The first-order valence-electron chi connectivity index (χ1n) is 9.31. The van der Waals surface area contributed by atoms with Crippen molar-refractivity contribution in [2.75, 3.05) is 43.6 Å². The lowest BCUT2D eigenvalue weighted by molar-refractivity contribution is -0.138. The molecule has 0 spiro atoms. The highest BCUT2D eigenvalue weighted by Crippen LogP contribution is 2.38. The van der Waals surface area contributed by atoms with Gasteiger partial charge in [0.25, 0.3) is 11.8 Å². The van der Waals surface area contributed by atoms with Gasteiger partial charge < -0.3 is 20.7 Å². The molecule has 1 atom stereocenters. The van der Waals surface area contributed by atoms with Crippen LogP contribution in [-0.4, -0.2) is 62.0 Å². The Morgan fingerprint density at radius 1 is 1.33 bits per heavy atom. The van der Waals surface area contributed by atoms with E-state index in [0.717, 1.165) is 17.0 Å². The molecule has 1 aliphatic rings. The molecule has 1 saturated heterocycles. The number of amides is 3. The molecule has 0 saturated carbocycles. The van der Waals surface area contributed by atoms with Crippen molar-refractivity contribution in [3.05, 3.63) is 23.8 Å². The first kappa shape index (κ1) is 23.6. The number of carbonyl (C=O) groups is 3. The summed E-state index contributed by atoms with van der Waals surface area (Å²) in [5, 5.41) is 2.32. The molecule has 0 radical (unpaired) electrons. The molecule has 3 amide bonds. The lowest BCUT2D eigenvalue weighted by Crippen LogP contribution is -2.51. The standard InChI is InChI=1S/C19H25F3N4O4/c1-11(2)9-25(3)16(17(23)28)18(29)24-12-4-5-14(13(8-12)19(20,21)22)26-6-7-30-10-15(26)27/h4-5,8,11,16H,6-7,9-10H2,1-3H3,(H2,23,28)(H,24,29)/t16-/m1/s1. The fraction of sp³-hybridized carbons (Fsp3) is 0.526. The van der Waals surface area contributed by atoms with E-state index in [-0.39, 0.29) is 37.1 Å². The minimum Gasteiger partial charge on any atom is -0.370 e. The molecule has 8 nitrogen and oxygen atoms in total. The summed E-state index contributed by atoms with van der Waals surface area (Å²) >= 11 is 0. The van der Waals surface area contributed by atoms with Crippen molar-refractivity contribution >= 4 is 29.1 Å². The molecule has 1 aromatic carbocycles. The number of benzene rings is 1. The van der Waals surface area contributed by atoms with Crippen LogP contribution in [0.4, 0.5) is 24.5 Å². The maximum atomic E-state index is 13.6. The summed E-state index contributed by atoms with van der Waals surface area (Å²) in [4.78, 5) is 38.7. The summed E-state index contributed by atoms with van der Waals surface area (Å²) in [5.74, 6) is -2.21. The Hall–Kier alpha value is -2.66. The first-order chi connectivity index (χ1) is 13.9. The number of morpholine rings is 1. The number of anilines is 2. The van der Waals surface area contributed by atoms with Gasteiger partial charge in [0.05, 0.1) is 17.9 Å². The van der Waals surface area contributed by atoms with Crippen LogP contribution in [0.25, 0.3) is 0 Å². The van der Waals surface area contributed by atoms with Crippen LogP contribution in [0.5, 0.6) is 0 Å². The van der Waals surface area contributed by atoms with Crippen molar-refractivity contribution in [3.8, 4) is 0 Å².